The van der Waals surface area contributed by atoms with Gasteiger partial charge in [0, 0.05) is 0 Å². The van der Waals surface area contributed by atoms with Gasteiger partial charge in [0.1, 0.15) is 0 Å². The molecule has 8 heavy (non-hydrogen) atoms. The van der Waals surface area contributed by atoms with E-state index in [1.807, 2.05) is 14.1 Å². The van der Waals surface area contributed by atoms with Crippen molar-refractivity contribution in [1.82, 2.24) is 5.32 Å². The van der Waals surface area contributed by atoms with Gasteiger partial charge in [0.05, 0.1) is 0 Å². The molecule has 0 spiro atoms. The van der Waals surface area contributed by atoms with Crippen molar-refractivity contribution >= 4 is 18.5 Å². The molecule has 0 atom stereocenters. The van der Waals surface area contributed by atoms with Crippen molar-refractivity contribution in [3.63, 3.8) is 0 Å². The zero-order valence-electron chi connectivity index (χ0n) is 4.70. The molecule has 0 saturated carbocycles. The van der Waals surface area contributed by atoms with E-state index in [1.165, 1.54) is 0 Å². The van der Waals surface area contributed by atoms with Gasteiger partial charge in [0.2, 0.25) is 0 Å². The SMILES string of the molecule is CNC.OP(O)(O)=S. The fourth-order valence-corrected chi connectivity index (χ4v) is 0. The molecule has 0 aliphatic carbocycles. The highest BCUT2D eigenvalue weighted by atomic mass is 32.5. The van der Waals surface area contributed by atoms with Gasteiger partial charge in [-0.15, -0.1) is 0 Å². The smallest absolute Gasteiger partial charge is 0.319 e. The minimum Gasteiger partial charge on any atom is -0.325 e. The quantitative estimate of drug-likeness (QED) is 0.342. The summed E-state index contributed by atoms with van der Waals surface area (Å²) in [5, 5.41) is 2.75. The molecule has 4 nitrogen and oxygen atoms in total. The van der Waals surface area contributed by atoms with Crippen molar-refractivity contribution in [2.75, 3.05) is 14.1 Å². The largest absolute Gasteiger partial charge is 0.325 e. The third kappa shape index (κ3) is 815. The molecule has 6 heteroatoms. The van der Waals surface area contributed by atoms with Crippen LogP contribution in [0.3, 0.4) is 0 Å². The van der Waals surface area contributed by atoms with Gasteiger partial charge < -0.3 is 20.0 Å². The van der Waals surface area contributed by atoms with Crippen molar-refractivity contribution in [2.45, 2.75) is 0 Å². The monoisotopic (exact) mass is 159 g/mol. The summed E-state index contributed by atoms with van der Waals surface area (Å²) in [6, 6.07) is 0. The lowest BCUT2D eigenvalue weighted by atomic mass is 11.3. The van der Waals surface area contributed by atoms with E-state index in [2.05, 4.69) is 17.1 Å². The van der Waals surface area contributed by atoms with E-state index in [4.69, 9.17) is 14.7 Å². The Morgan fingerprint density at radius 3 is 1.25 bits per heavy atom. The Labute approximate surface area is 53.4 Å². The van der Waals surface area contributed by atoms with Gasteiger partial charge in [0.25, 0.3) is 0 Å². The van der Waals surface area contributed by atoms with E-state index in [-0.39, 0.29) is 0 Å². The summed E-state index contributed by atoms with van der Waals surface area (Å²) in [4.78, 5) is 22.7. The zero-order chi connectivity index (χ0) is 7.21. The van der Waals surface area contributed by atoms with Crippen LogP contribution >= 0.6 is 6.72 Å². The maximum atomic E-state index is 7.56. The second-order valence-corrected chi connectivity index (χ2v) is 3.51. The highest BCUT2D eigenvalue weighted by molar-refractivity contribution is 8.06. The maximum absolute atomic E-state index is 7.56. The van der Waals surface area contributed by atoms with Crippen molar-refractivity contribution < 1.29 is 14.7 Å². The van der Waals surface area contributed by atoms with E-state index >= 15 is 0 Å². The van der Waals surface area contributed by atoms with Crippen LogP contribution in [0.15, 0.2) is 0 Å². The lowest BCUT2D eigenvalue weighted by Crippen LogP contribution is -1.89. The van der Waals surface area contributed by atoms with Crippen LogP contribution in [0.5, 0.6) is 0 Å². The van der Waals surface area contributed by atoms with E-state index in [1.54, 1.807) is 0 Å². The first-order valence-electron chi connectivity index (χ1n) is 1.78. The van der Waals surface area contributed by atoms with E-state index in [9.17, 15) is 0 Å². The minimum atomic E-state index is -3.81. The molecule has 0 aromatic carbocycles. The van der Waals surface area contributed by atoms with Crippen LogP contribution in [0.1, 0.15) is 0 Å². The number of rotatable bonds is 0. The van der Waals surface area contributed by atoms with Gasteiger partial charge in [-0.3, -0.25) is 0 Å². The van der Waals surface area contributed by atoms with Crippen molar-refractivity contribution in [2.24, 2.45) is 0 Å². The summed E-state index contributed by atoms with van der Waals surface area (Å²) < 4.78 is 0. The molecule has 52 valence electrons. The summed E-state index contributed by atoms with van der Waals surface area (Å²) in [6.07, 6.45) is 0. The third-order valence-corrected chi connectivity index (χ3v) is 0. The molecule has 0 amide bonds. The van der Waals surface area contributed by atoms with E-state index in [0.29, 0.717) is 0 Å². The highest BCUT2D eigenvalue weighted by Gasteiger charge is 1.92. The fraction of sp³-hybridized carbons (Fsp3) is 1.00. The third-order valence-electron chi connectivity index (χ3n) is 0. The minimum absolute atomic E-state index is 1.88. The van der Waals surface area contributed by atoms with Gasteiger partial charge >= 0.3 is 6.72 Å². The van der Waals surface area contributed by atoms with Crippen molar-refractivity contribution in [3.8, 4) is 0 Å². The Morgan fingerprint density at radius 2 is 1.25 bits per heavy atom. The molecule has 0 unspecified atom stereocenters. The molecular weight excluding hydrogens is 149 g/mol. The molecule has 0 heterocycles. The lowest BCUT2D eigenvalue weighted by Gasteiger charge is -1.88. The summed E-state index contributed by atoms with van der Waals surface area (Å²) in [5.41, 5.74) is 0. The second kappa shape index (κ2) is 5.62. The molecule has 0 aliphatic heterocycles. The number of hydrogen-bond donors (Lipinski definition) is 4. The Bertz CT molecular complexity index is 73.1. The molecule has 0 saturated heterocycles. The van der Waals surface area contributed by atoms with Crippen molar-refractivity contribution in [1.29, 1.82) is 0 Å². The zero-order valence-corrected chi connectivity index (χ0v) is 6.41. The van der Waals surface area contributed by atoms with Crippen LogP contribution in [0.2, 0.25) is 0 Å². The van der Waals surface area contributed by atoms with Crippen LogP contribution in [-0.4, -0.2) is 28.8 Å². The Kier molecular flexibility index (Phi) is 7.95. The molecule has 4 N–H and O–H groups in total. The van der Waals surface area contributed by atoms with Crippen LogP contribution in [0.4, 0.5) is 0 Å². The first kappa shape index (κ1) is 11.3. The first-order chi connectivity index (χ1) is 3.41. The van der Waals surface area contributed by atoms with Gasteiger partial charge in [-0.25, -0.2) is 0 Å². The van der Waals surface area contributed by atoms with Crippen LogP contribution in [-0.2, 0) is 11.8 Å². The molecular formula is C2H10NO3PS. The predicted octanol–water partition coefficient (Wildman–Crippen LogP) is -0.977. The highest BCUT2D eigenvalue weighted by Crippen LogP contribution is 2.26. The van der Waals surface area contributed by atoms with E-state index in [0.717, 1.165) is 0 Å². The van der Waals surface area contributed by atoms with Crippen LogP contribution in [0.25, 0.3) is 0 Å². The Morgan fingerprint density at radius 1 is 1.25 bits per heavy atom. The van der Waals surface area contributed by atoms with Crippen LogP contribution < -0.4 is 5.32 Å². The Hall–Kier alpha value is 0.490. The average molecular weight is 159 g/mol. The first-order valence-corrected chi connectivity index (χ1v) is 4.44. The van der Waals surface area contributed by atoms with Gasteiger partial charge in [-0.05, 0) is 25.9 Å². The lowest BCUT2D eigenvalue weighted by molar-refractivity contribution is 0.363. The Balaban J connectivity index is 0. The topological polar surface area (TPSA) is 72.7 Å². The van der Waals surface area contributed by atoms with Gasteiger partial charge in [0.15, 0.2) is 0 Å². The molecule has 0 aliphatic rings. The molecule has 0 bridgehead atoms. The number of nitrogens with one attached hydrogen (secondary N) is 1. The van der Waals surface area contributed by atoms with Crippen molar-refractivity contribution in [3.05, 3.63) is 0 Å². The molecule has 0 aromatic rings. The standard InChI is InChI=1S/C2H7N.H3O3PS/c1-3-2;1-4(2,3)5/h3H,1-2H3;(H3,1,2,3,5). The summed E-state index contributed by atoms with van der Waals surface area (Å²) in [7, 11) is 3.75. The molecule has 0 radical (unpaired) electrons. The molecule has 0 fully saturated rings. The number of hydrogen-bond acceptors (Lipinski definition) is 2. The predicted molar refractivity (Wildman–Crippen MR) is 35.9 cm³/mol. The summed E-state index contributed by atoms with van der Waals surface area (Å²) >= 11 is 3.60. The fourth-order valence-electron chi connectivity index (χ4n) is 0. The van der Waals surface area contributed by atoms with Gasteiger partial charge in [-0.1, -0.05) is 0 Å². The normalized spacial score (nSPS) is 9.62. The van der Waals surface area contributed by atoms with Crippen LogP contribution in [0, 0.1) is 0 Å². The molecule has 0 aromatic heterocycles. The van der Waals surface area contributed by atoms with Gasteiger partial charge in [-0.2, -0.15) is 0 Å². The maximum Gasteiger partial charge on any atom is 0.319 e. The summed E-state index contributed by atoms with van der Waals surface area (Å²) in [5.74, 6) is 0. The second-order valence-electron chi connectivity index (χ2n) is 1.01. The van der Waals surface area contributed by atoms with E-state index < -0.39 is 6.72 Å². The summed E-state index contributed by atoms with van der Waals surface area (Å²) in [6.45, 7) is -3.81. The average Bonchev–Trinajstić information content (AvgIpc) is 1.27. The molecule has 0 rings (SSSR count).